The molecule has 0 aliphatic heterocycles. The van der Waals surface area contributed by atoms with E-state index in [2.05, 4.69) is 41.4 Å². The molecule has 11 heteroatoms. The number of ether oxygens (including phenoxy) is 1. The molecule has 1 amide bonds. The second kappa shape index (κ2) is 10.5. The van der Waals surface area contributed by atoms with Crippen LogP contribution in [0.5, 0.6) is 5.75 Å². The van der Waals surface area contributed by atoms with Crippen molar-refractivity contribution in [3.05, 3.63) is 59.5 Å². The van der Waals surface area contributed by atoms with Crippen LogP contribution in [0.1, 0.15) is 64.4 Å². The van der Waals surface area contributed by atoms with Gasteiger partial charge in [0, 0.05) is 12.5 Å². The van der Waals surface area contributed by atoms with Gasteiger partial charge in [0.25, 0.3) is 0 Å². The molecule has 1 aromatic carbocycles. The zero-order valence-electron chi connectivity index (χ0n) is 21.7. The fourth-order valence-corrected chi connectivity index (χ4v) is 3.57. The number of halogens is 4. The van der Waals surface area contributed by atoms with Gasteiger partial charge >= 0.3 is 6.18 Å². The Balaban J connectivity index is 2.15. The molecule has 7 nitrogen and oxygen atoms in total. The summed E-state index contributed by atoms with van der Waals surface area (Å²) in [6.45, 7) is 8.63. The topological polar surface area (TPSA) is 81.9 Å². The highest BCUT2D eigenvalue weighted by Crippen LogP contribution is 2.34. The molecule has 0 aliphatic carbocycles. The summed E-state index contributed by atoms with van der Waals surface area (Å²) in [4.78, 5) is 16.6. The van der Waals surface area contributed by atoms with Crippen LogP contribution < -0.4 is 10.1 Å². The van der Waals surface area contributed by atoms with Crippen molar-refractivity contribution in [2.75, 3.05) is 13.3 Å². The average molecular weight is 522 g/mol. The molecular weight excluding hydrogens is 490 g/mol. The van der Waals surface area contributed by atoms with Gasteiger partial charge in [-0.2, -0.15) is 13.2 Å². The highest BCUT2D eigenvalue weighted by molar-refractivity contribution is 5.75. The van der Waals surface area contributed by atoms with E-state index in [1.54, 1.807) is 13.8 Å². The molecule has 0 bridgehead atoms. The Kier molecular flexibility index (Phi) is 7.94. The number of alkyl halides is 4. The molecule has 0 fully saturated rings. The van der Waals surface area contributed by atoms with E-state index in [9.17, 15) is 22.4 Å². The molecule has 0 saturated carbocycles. The van der Waals surface area contributed by atoms with Crippen LogP contribution in [0, 0.1) is 0 Å². The number of hydrogen-bond acceptors (Lipinski definition) is 5. The van der Waals surface area contributed by atoms with Crippen molar-refractivity contribution in [2.24, 2.45) is 0 Å². The van der Waals surface area contributed by atoms with E-state index >= 15 is 0 Å². The lowest BCUT2D eigenvalue weighted by Crippen LogP contribution is -2.29. The Bertz CT molecular complexity index is 1230. The largest absolute Gasteiger partial charge is 0.482 e. The zero-order valence-corrected chi connectivity index (χ0v) is 21.7. The first kappa shape index (κ1) is 28.1. The van der Waals surface area contributed by atoms with Crippen LogP contribution in [0.15, 0.2) is 42.7 Å². The molecule has 200 valence electrons. The first-order chi connectivity index (χ1) is 17.1. The SMILES string of the molecule is CC(=O)N[C@@H](c1ccc(C(C)(C)C)cc1)c1ncc(OCC(F)(F)F)cc1-c1cn(C(C)(C)CF)nn1. The number of aromatic nitrogens is 4. The highest BCUT2D eigenvalue weighted by atomic mass is 19.4. The van der Waals surface area contributed by atoms with Crippen LogP contribution in [-0.4, -0.2) is 45.3 Å². The average Bonchev–Trinajstić information content (AvgIpc) is 3.31. The quantitative estimate of drug-likeness (QED) is 0.396. The second-order valence-corrected chi connectivity index (χ2v) is 10.5. The summed E-state index contributed by atoms with van der Waals surface area (Å²) >= 11 is 0. The number of nitrogens with zero attached hydrogens (tertiary/aromatic N) is 4. The van der Waals surface area contributed by atoms with Crippen molar-refractivity contribution in [3.8, 4) is 17.0 Å². The lowest BCUT2D eigenvalue weighted by molar-refractivity contribution is -0.153. The number of rotatable bonds is 8. The first-order valence-electron chi connectivity index (χ1n) is 11.7. The standard InChI is InChI=1S/C26H31F4N5O2/c1-16(36)32-22(17-7-9-18(10-8-17)24(2,3)4)23-20(11-19(12-31-23)37-15-26(28,29)30)21-13-35(34-33-21)25(5,6)14-27/h7-13,22H,14-15H2,1-6H3,(H,32,36)/t22-/m0/s1. The molecule has 3 aromatic rings. The van der Waals surface area contributed by atoms with Gasteiger partial charge in [0.15, 0.2) is 6.61 Å². The maximum Gasteiger partial charge on any atom is 0.422 e. The first-order valence-corrected chi connectivity index (χ1v) is 11.7. The molecule has 0 saturated heterocycles. The van der Waals surface area contributed by atoms with E-state index in [4.69, 9.17) is 4.74 Å². The predicted octanol–water partition coefficient (Wildman–Crippen LogP) is 5.51. The van der Waals surface area contributed by atoms with Crippen LogP contribution in [-0.2, 0) is 15.7 Å². The maximum atomic E-state index is 13.6. The maximum absolute atomic E-state index is 13.6. The Morgan fingerprint density at radius 3 is 2.30 bits per heavy atom. The summed E-state index contributed by atoms with van der Waals surface area (Å²) < 4.78 is 58.1. The molecule has 3 rings (SSSR count). The summed E-state index contributed by atoms with van der Waals surface area (Å²) in [6.07, 6.45) is -1.89. The minimum atomic E-state index is -4.54. The van der Waals surface area contributed by atoms with Crippen molar-refractivity contribution < 1.29 is 27.1 Å². The molecule has 0 aliphatic rings. The summed E-state index contributed by atoms with van der Waals surface area (Å²) in [5, 5.41) is 11.0. The lowest BCUT2D eigenvalue weighted by atomic mass is 9.86. The molecule has 0 unspecified atom stereocenters. The fourth-order valence-electron chi connectivity index (χ4n) is 3.57. The van der Waals surface area contributed by atoms with Crippen LogP contribution in [0.2, 0.25) is 0 Å². The summed E-state index contributed by atoms with van der Waals surface area (Å²) in [5.41, 5.74) is 1.55. The number of benzene rings is 1. The van der Waals surface area contributed by atoms with E-state index < -0.39 is 31.0 Å². The Morgan fingerprint density at radius 1 is 1.11 bits per heavy atom. The van der Waals surface area contributed by atoms with E-state index in [1.165, 1.54) is 30.1 Å². The summed E-state index contributed by atoms with van der Waals surface area (Å²) in [7, 11) is 0. The van der Waals surface area contributed by atoms with Gasteiger partial charge in [0.1, 0.15) is 18.1 Å². The Hall–Kier alpha value is -3.50. The molecule has 2 heterocycles. The van der Waals surface area contributed by atoms with E-state index in [0.29, 0.717) is 16.8 Å². The predicted molar refractivity (Wildman–Crippen MR) is 131 cm³/mol. The molecule has 0 radical (unpaired) electrons. The normalized spacial score (nSPS) is 13.4. The van der Waals surface area contributed by atoms with Gasteiger partial charge in [-0.05, 0) is 36.5 Å². The monoisotopic (exact) mass is 521 g/mol. The summed E-state index contributed by atoms with van der Waals surface area (Å²) in [6, 6.07) is 8.24. The molecule has 1 atom stereocenters. The van der Waals surface area contributed by atoms with Gasteiger partial charge in [0.05, 0.1) is 29.7 Å². The van der Waals surface area contributed by atoms with E-state index in [1.807, 2.05) is 24.3 Å². The van der Waals surface area contributed by atoms with Gasteiger partial charge in [-0.3, -0.25) is 9.78 Å². The van der Waals surface area contributed by atoms with Crippen LogP contribution in [0.25, 0.3) is 11.3 Å². The van der Waals surface area contributed by atoms with Crippen molar-refractivity contribution in [2.45, 2.75) is 64.7 Å². The number of amides is 1. The van der Waals surface area contributed by atoms with E-state index in [-0.39, 0.29) is 22.8 Å². The third kappa shape index (κ3) is 7.05. The van der Waals surface area contributed by atoms with Crippen molar-refractivity contribution in [1.82, 2.24) is 25.3 Å². The van der Waals surface area contributed by atoms with E-state index in [0.717, 1.165) is 5.56 Å². The van der Waals surface area contributed by atoms with Gasteiger partial charge in [-0.15, -0.1) is 5.10 Å². The Labute approximate surface area is 213 Å². The minimum absolute atomic E-state index is 0.0926. The van der Waals surface area contributed by atoms with Crippen molar-refractivity contribution in [3.63, 3.8) is 0 Å². The van der Waals surface area contributed by atoms with Crippen LogP contribution in [0.3, 0.4) is 0 Å². The number of carbonyl (C=O) groups is 1. The second-order valence-electron chi connectivity index (χ2n) is 10.5. The smallest absolute Gasteiger partial charge is 0.422 e. The lowest BCUT2D eigenvalue weighted by Gasteiger charge is -2.23. The van der Waals surface area contributed by atoms with Crippen LogP contribution >= 0.6 is 0 Å². The zero-order chi connectivity index (χ0) is 27.6. The van der Waals surface area contributed by atoms with Gasteiger partial charge in [0.2, 0.25) is 5.91 Å². The van der Waals surface area contributed by atoms with Gasteiger partial charge in [-0.1, -0.05) is 50.3 Å². The molecule has 2 aromatic heterocycles. The third-order valence-corrected chi connectivity index (χ3v) is 5.74. The fraction of sp³-hybridized carbons (Fsp3) is 0.462. The van der Waals surface area contributed by atoms with Gasteiger partial charge in [-0.25, -0.2) is 9.07 Å². The Morgan fingerprint density at radius 2 is 1.76 bits per heavy atom. The number of nitrogens with one attached hydrogen (secondary N) is 1. The minimum Gasteiger partial charge on any atom is -0.482 e. The van der Waals surface area contributed by atoms with Gasteiger partial charge < -0.3 is 10.1 Å². The van der Waals surface area contributed by atoms with Crippen molar-refractivity contribution in [1.29, 1.82) is 0 Å². The number of pyridine rings is 1. The molecule has 1 N–H and O–H groups in total. The number of carbonyl (C=O) groups excluding carboxylic acids is 1. The number of hydrogen-bond donors (Lipinski definition) is 1. The van der Waals surface area contributed by atoms with Crippen molar-refractivity contribution >= 4 is 5.91 Å². The third-order valence-electron chi connectivity index (χ3n) is 5.74. The molecule has 0 spiro atoms. The molecular formula is C26H31F4N5O2. The van der Waals surface area contributed by atoms with Crippen LogP contribution in [0.4, 0.5) is 17.6 Å². The molecule has 37 heavy (non-hydrogen) atoms. The highest BCUT2D eigenvalue weighted by Gasteiger charge is 2.30. The summed E-state index contributed by atoms with van der Waals surface area (Å²) in [5.74, 6) is -0.475.